The number of hydrogen-bond acceptors (Lipinski definition) is 2. The summed E-state index contributed by atoms with van der Waals surface area (Å²) in [6.07, 6.45) is 8.14. The summed E-state index contributed by atoms with van der Waals surface area (Å²) in [7, 11) is 0. The Morgan fingerprint density at radius 3 is 2.67 bits per heavy atom. The first-order valence-electron chi connectivity index (χ1n) is 8.18. The van der Waals surface area contributed by atoms with Crippen LogP contribution in [0.4, 0.5) is 5.69 Å². The van der Waals surface area contributed by atoms with Crippen molar-refractivity contribution >= 4 is 17.4 Å². The van der Waals surface area contributed by atoms with Gasteiger partial charge in [0, 0.05) is 24.9 Å². The molecule has 2 aliphatic rings. The minimum atomic E-state index is 0.165. The number of ketones is 1. The Balaban J connectivity index is 1.78. The zero-order valence-corrected chi connectivity index (χ0v) is 12.5. The van der Waals surface area contributed by atoms with E-state index in [4.69, 9.17) is 0 Å². The number of hydrogen-bond donors (Lipinski definition) is 0. The molecular formula is C18H23NO2. The first-order valence-corrected chi connectivity index (χ1v) is 8.18. The summed E-state index contributed by atoms with van der Waals surface area (Å²) in [5.41, 5.74) is 1.54. The van der Waals surface area contributed by atoms with E-state index in [9.17, 15) is 9.59 Å². The number of para-hydroxylation sites is 1. The van der Waals surface area contributed by atoms with E-state index in [0.29, 0.717) is 30.9 Å². The number of benzene rings is 1. The first-order chi connectivity index (χ1) is 10.3. The van der Waals surface area contributed by atoms with Crippen LogP contribution in [0, 0.1) is 5.92 Å². The van der Waals surface area contributed by atoms with Gasteiger partial charge in [-0.25, -0.2) is 0 Å². The summed E-state index contributed by atoms with van der Waals surface area (Å²) in [6, 6.07) is 7.56. The van der Waals surface area contributed by atoms with E-state index in [-0.39, 0.29) is 11.7 Å². The van der Waals surface area contributed by atoms with Crippen LogP contribution < -0.4 is 4.90 Å². The minimum absolute atomic E-state index is 0.165. The van der Waals surface area contributed by atoms with Gasteiger partial charge in [0.1, 0.15) is 0 Å². The van der Waals surface area contributed by atoms with Gasteiger partial charge in [-0.1, -0.05) is 31.4 Å². The number of carbonyl (C=O) groups is 2. The molecule has 0 unspecified atom stereocenters. The molecule has 0 bridgehead atoms. The average Bonchev–Trinajstić information content (AvgIpc) is 2.68. The molecule has 1 aromatic rings. The number of carbonyl (C=O) groups excluding carboxylic acids is 2. The van der Waals surface area contributed by atoms with Crippen LogP contribution in [0.25, 0.3) is 0 Å². The van der Waals surface area contributed by atoms with E-state index < -0.39 is 0 Å². The smallest absolute Gasteiger partial charge is 0.227 e. The van der Waals surface area contributed by atoms with E-state index in [1.807, 2.05) is 29.2 Å². The normalized spacial score (nSPS) is 20.0. The van der Waals surface area contributed by atoms with E-state index in [1.54, 1.807) is 0 Å². The van der Waals surface area contributed by atoms with Crippen molar-refractivity contribution in [1.82, 2.24) is 0 Å². The first kappa shape index (κ1) is 14.3. The molecule has 0 radical (unpaired) electrons. The van der Waals surface area contributed by atoms with Crippen molar-refractivity contribution in [2.45, 2.75) is 51.4 Å². The Morgan fingerprint density at radius 2 is 1.86 bits per heavy atom. The van der Waals surface area contributed by atoms with Crippen LogP contribution >= 0.6 is 0 Å². The van der Waals surface area contributed by atoms with Gasteiger partial charge in [-0.15, -0.1) is 0 Å². The summed E-state index contributed by atoms with van der Waals surface area (Å²) in [5.74, 6) is 0.903. The van der Waals surface area contributed by atoms with Gasteiger partial charge in [0.25, 0.3) is 0 Å². The van der Waals surface area contributed by atoms with Crippen molar-refractivity contribution < 1.29 is 9.59 Å². The molecule has 1 fully saturated rings. The van der Waals surface area contributed by atoms with Crippen LogP contribution in [0.1, 0.15) is 61.7 Å². The lowest BCUT2D eigenvalue weighted by molar-refractivity contribution is -0.119. The Bertz CT molecular complexity index is 532. The van der Waals surface area contributed by atoms with Gasteiger partial charge in [0.2, 0.25) is 5.91 Å². The molecule has 0 spiro atoms. The second-order valence-corrected chi connectivity index (χ2v) is 6.30. The molecule has 3 nitrogen and oxygen atoms in total. The van der Waals surface area contributed by atoms with Gasteiger partial charge in [-0.3, -0.25) is 9.59 Å². The molecule has 3 rings (SSSR count). The maximum Gasteiger partial charge on any atom is 0.227 e. The third-order valence-electron chi connectivity index (χ3n) is 4.77. The van der Waals surface area contributed by atoms with E-state index in [2.05, 4.69) is 0 Å². The molecule has 0 N–H and O–H groups in total. The molecule has 1 amide bonds. The summed E-state index contributed by atoms with van der Waals surface area (Å²) >= 11 is 0. The predicted octanol–water partition coefficient (Wildman–Crippen LogP) is 3.97. The van der Waals surface area contributed by atoms with E-state index in [0.717, 1.165) is 12.1 Å². The molecule has 0 saturated heterocycles. The predicted molar refractivity (Wildman–Crippen MR) is 83.6 cm³/mol. The van der Waals surface area contributed by atoms with Crippen molar-refractivity contribution in [2.75, 3.05) is 11.4 Å². The highest BCUT2D eigenvalue weighted by Gasteiger charge is 2.26. The fourth-order valence-electron chi connectivity index (χ4n) is 3.61. The lowest BCUT2D eigenvalue weighted by Crippen LogP contribution is -2.33. The number of amides is 1. The van der Waals surface area contributed by atoms with Crippen LogP contribution in [-0.4, -0.2) is 18.2 Å². The number of anilines is 1. The highest BCUT2D eigenvalue weighted by molar-refractivity contribution is 6.06. The zero-order chi connectivity index (χ0) is 14.7. The largest absolute Gasteiger partial charge is 0.312 e. The maximum absolute atomic E-state index is 12.7. The minimum Gasteiger partial charge on any atom is -0.312 e. The molecule has 0 atom stereocenters. The SMILES string of the molecule is O=C1CCCN(C(=O)CC2CCCCC2)c2ccccc21. The monoisotopic (exact) mass is 285 g/mol. The molecule has 112 valence electrons. The van der Waals surface area contributed by atoms with Gasteiger partial charge < -0.3 is 4.90 Å². The number of fused-ring (bicyclic) bond motifs is 1. The van der Waals surface area contributed by atoms with Gasteiger partial charge >= 0.3 is 0 Å². The molecule has 1 saturated carbocycles. The van der Waals surface area contributed by atoms with Crippen molar-refractivity contribution in [3.63, 3.8) is 0 Å². The van der Waals surface area contributed by atoms with Crippen molar-refractivity contribution in [3.05, 3.63) is 29.8 Å². The molecule has 21 heavy (non-hydrogen) atoms. The second-order valence-electron chi connectivity index (χ2n) is 6.30. The molecule has 1 aromatic carbocycles. The molecule has 0 aromatic heterocycles. The van der Waals surface area contributed by atoms with Crippen molar-refractivity contribution in [3.8, 4) is 0 Å². The number of nitrogens with zero attached hydrogens (tertiary/aromatic N) is 1. The van der Waals surface area contributed by atoms with Crippen LogP contribution in [-0.2, 0) is 4.79 Å². The van der Waals surface area contributed by atoms with Crippen LogP contribution in [0.2, 0.25) is 0 Å². The molecule has 1 aliphatic heterocycles. The van der Waals surface area contributed by atoms with Crippen LogP contribution in [0.15, 0.2) is 24.3 Å². The zero-order valence-electron chi connectivity index (χ0n) is 12.5. The Kier molecular flexibility index (Phi) is 4.37. The Hall–Kier alpha value is -1.64. The fraction of sp³-hybridized carbons (Fsp3) is 0.556. The highest BCUT2D eigenvalue weighted by Crippen LogP contribution is 2.30. The second kappa shape index (κ2) is 6.42. The van der Waals surface area contributed by atoms with E-state index >= 15 is 0 Å². The molecular weight excluding hydrogens is 262 g/mol. The lowest BCUT2D eigenvalue weighted by Gasteiger charge is -2.27. The highest BCUT2D eigenvalue weighted by atomic mass is 16.2. The fourth-order valence-corrected chi connectivity index (χ4v) is 3.61. The maximum atomic E-state index is 12.7. The topological polar surface area (TPSA) is 37.4 Å². The lowest BCUT2D eigenvalue weighted by atomic mass is 9.86. The Morgan fingerprint density at radius 1 is 1.10 bits per heavy atom. The van der Waals surface area contributed by atoms with Gasteiger partial charge in [-0.05, 0) is 37.3 Å². The number of Topliss-reactive ketones (excluding diaryl/α,β-unsaturated/α-hetero) is 1. The molecule has 1 aliphatic carbocycles. The van der Waals surface area contributed by atoms with Gasteiger partial charge in [0.15, 0.2) is 5.78 Å². The van der Waals surface area contributed by atoms with Crippen molar-refractivity contribution in [1.29, 1.82) is 0 Å². The summed E-state index contributed by atoms with van der Waals surface area (Å²) in [6.45, 7) is 0.675. The summed E-state index contributed by atoms with van der Waals surface area (Å²) in [4.78, 5) is 26.7. The van der Waals surface area contributed by atoms with E-state index in [1.165, 1.54) is 32.1 Å². The summed E-state index contributed by atoms with van der Waals surface area (Å²) < 4.78 is 0. The molecule has 1 heterocycles. The number of rotatable bonds is 2. The molecule has 3 heteroatoms. The third-order valence-corrected chi connectivity index (χ3v) is 4.77. The Labute approximate surface area is 126 Å². The van der Waals surface area contributed by atoms with Gasteiger partial charge in [-0.2, -0.15) is 0 Å². The summed E-state index contributed by atoms with van der Waals surface area (Å²) in [5, 5.41) is 0. The van der Waals surface area contributed by atoms with Crippen molar-refractivity contribution in [2.24, 2.45) is 5.92 Å². The quantitative estimate of drug-likeness (QED) is 0.824. The standard InChI is InChI=1S/C18H23NO2/c20-17-11-6-12-19(16-10-5-4-9-15(16)17)18(21)13-14-7-2-1-3-8-14/h4-5,9-10,14H,1-3,6-8,11-13H2. The van der Waals surface area contributed by atoms with Crippen LogP contribution in [0.3, 0.4) is 0 Å². The average molecular weight is 285 g/mol. The van der Waals surface area contributed by atoms with Crippen LogP contribution in [0.5, 0.6) is 0 Å². The van der Waals surface area contributed by atoms with Gasteiger partial charge in [0.05, 0.1) is 5.69 Å². The third kappa shape index (κ3) is 3.17.